The van der Waals surface area contributed by atoms with E-state index in [0.29, 0.717) is 10.6 Å². The van der Waals surface area contributed by atoms with Gasteiger partial charge in [-0.15, -0.1) is 0 Å². The Morgan fingerprint density at radius 1 is 1.57 bits per heavy atom. The molecule has 0 aromatic heterocycles. The van der Waals surface area contributed by atoms with Crippen molar-refractivity contribution in [1.82, 2.24) is 0 Å². The standard InChI is InChI=1S/C10H7ClN2O/c11-9-3-1-2-7(5-9)4-8(6-12)10(13)14/h1-5H,(H2,13,14)/b8-4-. The first-order valence-electron chi connectivity index (χ1n) is 3.80. The third kappa shape index (κ3) is 2.61. The largest absolute Gasteiger partial charge is 0.365 e. The minimum Gasteiger partial charge on any atom is -0.365 e. The first-order valence-corrected chi connectivity index (χ1v) is 4.18. The van der Waals surface area contributed by atoms with Crippen molar-refractivity contribution < 1.29 is 4.79 Å². The molecular weight excluding hydrogens is 200 g/mol. The number of primary amides is 1. The maximum atomic E-state index is 10.7. The van der Waals surface area contributed by atoms with Crippen molar-refractivity contribution >= 4 is 23.6 Å². The normalized spacial score (nSPS) is 10.7. The fourth-order valence-corrected chi connectivity index (χ4v) is 1.12. The summed E-state index contributed by atoms with van der Waals surface area (Å²) in [5.74, 6) is -0.743. The average Bonchev–Trinajstić information content (AvgIpc) is 2.14. The zero-order valence-electron chi connectivity index (χ0n) is 7.20. The van der Waals surface area contributed by atoms with Gasteiger partial charge in [0.2, 0.25) is 0 Å². The van der Waals surface area contributed by atoms with Crippen molar-refractivity contribution in [2.75, 3.05) is 0 Å². The number of hydrogen-bond donors (Lipinski definition) is 1. The van der Waals surface area contributed by atoms with Crippen molar-refractivity contribution in [3.63, 3.8) is 0 Å². The SMILES string of the molecule is N#C/C(=C/c1cccc(Cl)c1)C(N)=O. The van der Waals surface area contributed by atoms with Gasteiger partial charge in [0, 0.05) is 5.02 Å². The molecule has 0 unspecified atom stereocenters. The van der Waals surface area contributed by atoms with Gasteiger partial charge in [-0.05, 0) is 23.8 Å². The van der Waals surface area contributed by atoms with Crippen molar-refractivity contribution in [2.24, 2.45) is 5.73 Å². The molecule has 0 bridgehead atoms. The Labute approximate surface area is 86.4 Å². The van der Waals surface area contributed by atoms with Gasteiger partial charge in [0.15, 0.2) is 0 Å². The average molecular weight is 207 g/mol. The Balaban J connectivity index is 3.08. The highest BCUT2D eigenvalue weighted by Gasteiger charge is 2.02. The van der Waals surface area contributed by atoms with Crippen LogP contribution in [-0.2, 0) is 4.79 Å². The van der Waals surface area contributed by atoms with Gasteiger partial charge < -0.3 is 5.73 Å². The predicted molar refractivity (Wildman–Crippen MR) is 54.2 cm³/mol. The van der Waals surface area contributed by atoms with Gasteiger partial charge in [0.25, 0.3) is 5.91 Å². The summed E-state index contributed by atoms with van der Waals surface area (Å²) < 4.78 is 0. The van der Waals surface area contributed by atoms with Crippen LogP contribution in [0.2, 0.25) is 5.02 Å². The molecule has 0 aliphatic heterocycles. The minimum atomic E-state index is -0.743. The molecule has 0 radical (unpaired) electrons. The molecule has 0 saturated carbocycles. The predicted octanol–water partition coefficient (Wildman–Crippen LogP) is 1.73. The van der Waals surface area contributed by atoms with Crippen LogP contribution in [0.25, 0.3) is 6.08 Å². The summed E-state index contributed by atoms with van der Waals surface area (Å²) in [6.45, 7) is 0. The van der Waals surface area contributed by atoms with E-state index in [-0.39, 0.29) is 5.57 Å². The summed E-state index contributed by atoms with van der Waals surface area (Å²) >= 11 is 5.72. The number of amides is 1. The maximum Gasteiger partial charge on any atom is 0.259 e. The lowest BCUT2D eigenvalue weighted by atomic mass is 10.1. The molecule has 0 spiro atoms. The number of carbonyl (C=O) groups is 1. The highest BCUT2D eigenvalue weighted by atomic mass is 35.5. The summed E-state index contributed by atoms with van der Waals surface area (Å²) in [5, 5.41) is 9.12. The van der Waals surface area contributed by atoms with Crippen molar-refractivity contribution in [2.45, 2.75) is 0 Å². The van der Waals surface area contributed by atoms with E-state index in [4.69, 9.17) is 22.6 Å². The third-order valence-electron chi connectivity index (χ3n) is 1.55. The fraction of sp³-hybridized carbons (Fsp3) is 0. The molecule has 0 fully saturated rings. The molecule has 70 valence electrons. The summed E-state index contributed by atoms with van der Waals surface area (Å²) in [6, 6.07) is 8.51. The lowest BCUT2D eigenvalue weighted by Crippen LogP contribution is -2.12. The summed E-state index contributed by atoms with van der Waals surface area (Å²) in [5.41, 5.74) is 5.55. The number of nitriles is 1. The maximum absolute atomic E-state index is 10.7. The van der Waals surface area contributed by atoms with E-state index in [2.05, 4.69) is 0 Å². The van der Waals surface area contributed by atoms with E-state index in [1.165, 1.54) is 6.08 Å². The van der Waals surface area contributed by atoms with Crippen LogP contribution >= 0.6 is 11.6 Å². The lowest BCUT2D eigenvalue weighted by molar-refractivity contribution is -0.114. The number of nitrogens with two attached hydrogens (primary N) is 1. The summed E-state index contributed by atoms with van der Waals surface area (Å²) in [6.07, 6.45) is 1.40. The smallest absolute Gasteiger partial charge is 0.259 e. The summed E-state index contributed by atoms with van der Waals surface area (Å²) in [7, 11) is 0. The number of rotatable bonds is 2. The Morgan fingerprint density at radius 3 is 2.79 bits per heavy atom. The lowest BCUT2D eigenvalue weighted by Gasteiger charge is -1.95. The van der Waals surface area contributed by atoms with Gasteiger partial charge >= 0.3 is 0 Å². The van der Waals surface area contributed by atoms with Gasteiger partial charge in [0.05, 0.1) is 0 Å². The van der Waals surface area contributed by atoms with E-state index < -0.39 is 5.91 Å². The highest BCUT2D eigenvalue weighted by molar-refractivity contribution is 6.30. The molecule has 14 heavy (non-hydrogen) atoms. The molecule has 4 heteroatoms. The van der Waals surface area contributed by atoms with Gasteiger partial charge in [-0.2, -0.15) is 5.26 Å². The Hall–Kier alpha value is -1.79. The molecule has 2 N–H and O–H groups in total. The van der Waals surface area contributed by atoms with E-state index in [0.717, 1.165) is 0 Å². The van der Waals surface area contributed by atoms with Crippen molar-refractivity contribution in [3.05, 3.63) is 40.4 Å². The van der Waals surface area contributed by atoms with E-state index in [9.17, 15) is 4.79 Å². The molecule has 1 aromatic carbocycles. The van der Waals surface area contributed by atoms with Gasteiger partial charge in [-0.3, -0.25) is 4.79 Å². The van der Waals surface area contributed by atoms with E-state index in [1.807, 2.05) is 0 Å². The molecule has 1 amide bonds. The zero-order chi connectivity index (χ0) is 10.6. The molecule has 0 aliphatic rings. The van der Waals surface area contributed by atoms with Crippen LogP contribution in [0.4, 0.5) is 0 Å². The monoisotopic (exact) mass is 206 g/mol. The Kier molecular flexibility index (Phi) is 3.27. The fourth-order valence-electron chi connectivity index (χ4n) is 0.922. The van der Waals surface area contributed by atoms with Crippen molar-refractivity contribution in [1.29, 1.82) is 5.26 Å². The van der Waals surface area contributed by atoms with Crippen LogP contribution in [-0.4, -0.2) is 5.91 Å². The van der Waals surface area contributed by atoms with Gasteiger partial charge in [0.1, 0.15) is 11.6 Å². The minimum absolute atomic E-state index is 0.0905. The van der Waals surface area contributed by atoms with Crippen molar-refractivity contribution in [3.8, 4) is 6.07 Å². The molecule has 0 saturated heterocycles. The molecule has 1 aromatic rings. The van der Waals surface area contributed by atoms with Crippen LogP contribution in [0.1, 0.15) is 5.56 Å². The number of benzene rings is 1. The molecular formula is C10H7ClN2O. The number of carbonyl (C=O) groups excluding carboxylic acids is 1. The third-order valence-corrected chi connectivity index (χ3v) is 1.78. The van der Waals surface area contributed by atoms with Crippen LogP contribution in [0.3, 0.4) is 0 Å². The molecule has 0 heterocycles. The Bertz CT molecular complexity index is 432. The van der Waals surface area contributed by atoms with Crippen LogP contribution in [0.5, 0.6) is 0 Å². The van der Waals surface area contributed by atoms with Gasteiger partial charge in [-0.25, -0.2) is 0 Å². The quantitative estimate of drug-likeness (QED) is 0.592. The number of nitrogens with zero attached hydrogens (tertiary/aromatic N) is 1. The van der Waals surface area contributed by atoms with E-state index in [1.54, 1.807) is 30.3 Å². The summed E-state index contributed by atoms with van der Waals surface area (Å²) in [4.78, 5) is 10.7. The second kappa shape index (κ2) is 4.45. The topological polar surface area (TPSA) is 66.9 Å². The first kappa shape index (κ1) is 10.3. The highest BCUT2D eigenvalue weighted by Crippen LogP contribution is 2.13. The zero-order valence-corrected chi connectivity index (χ0v) is 7.95. The molecule has 1 rings (SSSR count). The molecule has 3 nitrogen and oxygen atoms in total. The number of hydrogen-bond acceptors (Lipinski definition) is 2. The van der Waals surface area contributed by atoms with Crippen LogP contribution in [0.15, 0.2) is 29.8 Å². The van der Waals surface area contributed by atoms with Crippen LogP contribution < -0.4 is 5.73 Å². The second-order valence-electron chi connectivity index (χ2n) is 2.59. The van der Waals surface area contributed by atoms with E-state index >= 15 is 0 Å². The van der Waals surface area contributed by atoms with Crippen LogP contribution in [0, 0.1) is 11.3 Å². The number of halogens is 1. The molecule has 0 atom stereocenters. The second-order valence-corrected chi connectivity index (χ2v) is 3.03. The molecule has 0 aliphatic carbocycles. The van der Waals surface area contributed by atoms with Gasteiger partial charge in [-0.1, -0.05) is 23.7 Å². The Morgan fingerprint density at radius 2 is 2.29 bits per heavy atom. The first-order chi connectivity index (χ1) is 6.63.